The number of fused-ring (bicyclic) bond motifs is 1. The molecule has 61 heavy (non-hydrogen) atoms. The Morgan fingerprint density at radius 3 is 2.44 bits per heavy atom. The Kier molecular flexibility index (Phi) is 12.8. The molecule has 0 unspecified atom stereocenters. The number of halogens is 1. The monoisotopic (exact) mass is 863 g/mol. The number of nitrogens with one attached hydrogen (secondary N) is 3. The molecule has 0 aliphatic carbocycles. The topological polar surface area (TPSA) is 162 Å². The normalized spacial score (nSPS) is 15.1. The third kappa shape index (κ3) is 10.2. The Balaban J connectivity index is 0.977. The average Bonchev–Trinajstić information content (AvgIpc) is 3.74. The van der Waals surface area contributed by atoms with Crippen molar-refractivity contribution in [2.75, 3.05) is 75.8 Å². The number of ether oxygens (including phenoxy) is 2. The minimum atomic E-state index is -4.55. The first-order valence-electron chi connectivity index (χ1n) is 20.2. The number of hydrogen-bond acceptors (Lipinski definition) is 11. The molecule has 316 valence electrons. The van der Waals surface area contributed by atoms with Crippen LogP contribution in [-0.2, 0) is 21.3 Å². The molecule has 0 bridgehead atoms. The summed E-state index contributed by atoms with van der Waals surface area (Å²) in [6.45, 7) is 8.02. The number of nitrogens with zero attached hydrogens (tertiary/aromatic N) is 4. The third-order valence-electron chi connectivity index (χ3n) is 11.0. The van der Waals surface area contributed by atoms with Crippen molar-refractivity contribution in [2.45, 2.75) is 17.9 Å². The number of H-pyrrole nitrogens is 1. The maximum Gasteiger partial charge on any atom is 0.293 e. The van der Waals surface area contributed by atoms with Crippen molar-refractivity contribution in [1.29, 1.82) is 0 Å². The molecule has 3 heterocycles. The van der Waals surface area contributed by atoms with Crippen molar-refractivity contribution in [1.82, 2.24) is 19.5 Å². The van der Waals surface area contributed by atoms with Gasteiger partial charge in [0.05, 0.1) is 28.6 Å². The van der Waals surface area contributed by atoms with Crippen molar-refractivity contribution in [2.24, 2.45) is 0 Å². The molecule has 5 aromatic carbocycles. The highest BCUT2D eigenvalue weighted by Gasteiger charge is 2.27. The number of sulfonamides is 1. The Morgan fingerprint density at radius 1 is 0.869 bits per heavy atom. The van der Waals surface area contributed by atoms with Gasteiger partial charge in [-0.05, 0) is 90.3 Å². The van der Waals surface area contributed by atoms with Crippen LogP contribution in [0.25, 0.3) is 22.0 Å². The molecule has 3 N–H and O–H groups in total. The number of nitro benzene ring substituents is 1. The van der Waals surface area contributed by atoms with Crippen LogP contribution in [0, 0.1) is 10.1 Å². The summed E-state index contributed by atoms with van der Waals surface area (Å²) in [4.78, 5) is 34.9. The smallest absolute Gasteiger partial charge is 0.293 e. The largest absolute Gasteiger partial charge is 0.456 e. The first-order valence-corrected chi connectivity index (χ1v) is 22.1. The van der Waals surface area contributed by atoms with E-state index in [-0.39, 0.29) is 17.0 Å². The second-order valence-corrected chi connectivity index (χ2v) is 17.2. The number of aromatic nitrogens is 1. The first-order chi connectivity index (χ1) is 29.6. The average molecular weight is 864 g/mol. The van der Waals surface area contributed by atoms with Gasteiger partial charge in [0.2, 0.25) is 0 Å². The zero-order valence-electron chi connectivity index (χ0n) is 33.4. The fraction of sp³-hybridized carbons (Fsp3) is 0.267. The summed E-state index contributed by atoms with van der Waals surface area (Å²) in [7, 11) is -4.55. The number of amides is 1. The summed E-state index contributed by atoms with van der Waals surface area (Å²) in [5, 5.41) is 16.7. The van der Waals surface area contributed by atoms with E-state index < -0.39 is 31.4 Å². The van der Waals surface area contributed by atoms with E-state index in [9.17, 15) is 23.3 Å². The van der Waals surface area contributed by atoms with Crippen LogP contribution in [0.1, 0.15) is 22.3 Å². The first kappa shape index (κ1) is 41.8. The van der Waals surface area contributed by atoms with E-state index in [1.54, 1.807) is 24.3 Å². The van der Waals surface area contributed by atoms with Crippen molar-refractivity contribution in [3.05, 3.63) is 142 Å². The Hall–Kier alpha value is -5.97. The maximum atomic E-state index is 13.9. The Morgan fingerprint density at radius 2 is 1.66 bits per heavy atom. The molecular formula is C45H46ClN7O7S. The number of benzene rings is 5. The molecule has 8 rings (SSSR count). The van der Waals surface area contributed by atoms with Gasteiger partial charge in [0.1, 0.15) is 17.2 Å². The third-order valence-corrected chi connectivity index (χ3v) is 12.6. The van der Waals surface area contributed by atoms with E-state index in [2.05, 4.69) is 47.9 Å². The minimum Gasteiger partial charge on any atom is -0.456 e. The maximum absolute atomic E-state index is 13.9. The Bertz CT molecular complexity index is 2630. The number of rotatable bonds is 15. The van der Waals surface area contributed by atoms with Gasteiger partial charge in [-0.15, -0.1) is 0 Å². The van der Waals surface area contributed by atoms with Crippen LogP contribution in [0.3, 0.4) is 0 Å². The summed E-state index contributed by atoms with van der Waals surface area (Å²) in [5.74, 6) is -0.336. The lowest BCUT2D eigenvalue weighted by Crippen LogP contribution is -2.46. The summed E-state index contributed by atoms with van der Waals surface area (Å²) in [6.07, 6.45) is 2.54. The molecule has 2 aliphatic rings. The van der Waals surface area contributed by atoms with Crippen molar-refractivity contribution >= 4 is 55.5 Å². The fourth-order valence-electron chi connectivity index (χ4n) is 7.74. The van der Waals surface area contributed by atoms with Crippen LogP contribution in [0.5, 0.6) is 11.5 Å². The quantitative estimate of drug-likeness (QED) is 0.0526. The molecule has 6 aromatic rings. The van der Waals surface area contributed by atoms with Crippen LogP contribution in [-0.4, -0.2) is 99.6 Å². The van der Waals surface area contributed by atoms with Gasteiger partial charge in [-0.2, -0.15) is 0 Å². The van der Waals surface area contributed by atoms with Gasteiger partial charge < -0.3 is 24.7 Å². The lowest BCUT2D eigenvalue weighted by atomic mass is 9.99. The molecule has 2 fully saturated rings. The highest BCUT2D eigenvalue weighted by Crippen LogP contribution is 2.34. The van der Waals surface area contributed by atoms with Gasteiger partial charge in [0, 0.05) is 92.3 Å². The van der Waals surface area contributed by atoms with Crippen LogP contribution in [0.4, 0.5) is 17.1 Å². The van der Waals surface area contributed by atoms with Crippen LogP contribution < -0.4 is 19.7 Å². The van der Waals surface area contributed by atoms with Gasteiger partial charge in [-0.25, -0.2) is 13.1 Å². The Labute approximate surface area is 359 Å². The SMILES string of the molecule is O=C(NS(=O)(=O)c1ccc(NCCCN2CCOCC2)c([N+](=O)[O-])c1)c1ccc(N2CCN(Cc3ccccc3-c3ccc(Cl)cc3)CC2)cc1Oc1ccc2[nH]ccc2c1. The predicted molar refractivity (Wildman–Crippen MR) is 237 cm³/mol. The van der Waals surface area contributed by atoms with Crippen LogP contribution in [0.15, 0.2) is 120 Å². The minimum absolute atomic E-state index is 0.0213. The number of piperazine rings is 1. The second kappa shape index (κ2) is 18.7. The molecular weight excluding hydrogens is 818 g/mol. The van der Waals surface area contributed by atoms with Gasteiger partial charge in [0.15, 0.2) is 0 Å². The van der Waals surface area contributed by atoms with E-state index in [0.29, 0.717) is 43.6 Å². The lowest BCUT2D eigenvalue weighted by Gasteiger charge is -2.36. The molecule has 0 spiro atoms. The number of nitro groups is 1. The summed E-state index contributed by atoms with van der Waals surface area (Å²) in [5.41, 5.74) is 4.95. The molecule has 14 nitrogen and oxygen atoms in total. The molecule has 1 aromatic heterocycles. The van der Waals surface area contributed by atoms with Crippen molar-refractivity contribution in [3.63, 3.8) is 0 Å². The van der Waals surface area contributed by atoms with Gasteiger partial charge in [-0.3, -0.25) is 24.7 Å². The summed E-state index contributed by atoms with van der Waals surface area (Å²) < 4.78 is 41.2. The molecule has 0 radical (unpaired) electrons. The van der Waals surface area contributed by atoms with Crippen molar-refractivity contribution < 1.29 is 27.6 Å². The molecule has 2 saturated heterocycles. The number of aromatic amines is 1. The van der Waals surface area contributed by atoms with E-state index in [1.807, 2.05) is 54.7 Å². The zero-order chi connectivity index (χ0) is 42.3. The van der Waals surface area contributed by atoms with Gasteiger partial charge in [0.25, 0.3) is 21.6 Å². The highest BCUT2D eigenvalue weighted by molar-refractivity contribution is 7.90. The molecule has 0 saturated carbocycles. The fourth-order valence-corrected chi connectivity index (χ4v) is 8.85. The summed E-state index contributed by atoms with van der Waals surface area (Å²) >= 11 is 6.16. The van der Waals surface area contributed by atoms with E-state index in [0.717, 1.165) is 79.5 Å². The second-order valence-electron chi connectivity index (χ2n) is 15.0. The molecule has 2 aliphatic heterocycles. The zero-order valence-corrected chi connectivity index (χ0v) is 35.0. The number of hydrogen-bond donors (Lipinski definition) is 3. The van der Waals surface area contributed by atoms with Gasteiger partial charge in [-0.1, -0.05) is 48.0 Å². The predicted octanol–water partition coefficient (Wildman–Crippen LogP) is 7.76. The van der Waals surface area contributed by atoms with E-state index >= 15 is 0 Å². The van der Waals surface area contributed by atoms with E-state index in [1.165, 1.54) is 17.7 Å². The number of carbonyl (C=O) groups excluding carboxylic acids is 1. The molecule has 1 amide bonds. The van der Waals surface area contributed by atoms with Crippen LogP contribution in [0.2, 0.25) is 5.02 Å². The highest BCUT2D eigenvalue weighted by atomic mass is 35.5. The number of anilines is 2. The molecule has 16 heteroatoms. The van der Waals surface area contributed by atoms with Crippen LogP contribution >= 0.6 is 11.6 Å². The number of morpholine rings is 1. The molecule has 0 atom stereocenters. The standard InChI is InChI=1S/C45H46ClN7O7S/c46-35-8-6-32(7-9-35)39-5-2-1-4-34(39)31-51-20-22-52(23-21-51)36-10-13-40(44(29-36)60-37-11-14-41-33(28-37)16-18-48-41)45(54)49-61(57,58)38-12-15-42(43(30-38)53(55)56)47-17-3-19-50-24-26-59-27-25-50/h1-2,4-16,18,28-30,47-48H,3,17,19-27,31H2,(H,49,54). The summed E-state index contributed by atoms with van der Waals surface area (Å²) in [6, 6.07) is 32.2. The lowest BCUT2D eigenvalue weighted by molar-refractivity contribution is -0.384. The van der Waals surface area contributed by atoms with Gasteiger partial charge >= 0.3 is 0 Å². The van der Waals surface area contributed by atoms with Crippen molar-refractivity contribution in [3.8, 4) is 22.6 Å². The number of carbonyl (C=O) groups is 1. The van der Waals surface area contributed by atoms with E-state index in [4.69, 9.17) is 21.1 Å².